The summed E-state index contributed by atoms with van der Waals surface area (Å²) in [4.78, 5) is 19.5. The van der Waals surface area contributed by atoms with E-state index in [1.807, 2.05) is 23.1 Å². The molecule has 1 atom stereocenters. The molecule has 0 bridgehead atoms. The quantitative estimate of drug-likeness (QED) is 0.887. The number of urea groups is 1. The van der Waals surface area contributed by atoms with E-state index in [1.54, 1.807) is 0 Å². The number of carbonyl (C=O) groups is 1. The summed E-state index contributed by atoms with van der Waals surface area (Å²) in [5.41, 5.74) is 1.27. The first kappa shape index (κ1) is 18.2. The molecule has 0 unspecified atom stereocenters. The number of nitrogens with one attached hydrogen (secondary N) is 1. The van der Waals surface area contributed by atoms with Crippen LogP contribution in [0.25, 0.3) is 0 Å². The fraction of sp³-hybridized carbons (Fsp3) is 0.650. The van der Waals surface area contributed by atoms with Gasteiger partial charge >= 0.3 is 6.03 Å². The maximum Gasteiger partial charge on any atom is 0.317 e. The van der Waals surface area contributed by atoms with E-state index in [0.717, 1.165) is 58.7 Å². The topological polar surface area (TPSA) is 38.8 Å². The molecule has 25 heavy (non-hydrogen) atoms. The number of piperidine rings is 1. The van der Waals surface area contributed by atoms with Crippen molar-refractivity contribution < 1.29 is 4.79 Å². The SMILES string of the molecule is CN1CCN(C[C@H]2CCCN(C(=O)NCCc3ccccc3)C2)CC1. The van der Waals surface area contributed by atoms with Crippen molar-refractivity contribution in [2.45, 2.75) is 19.3 Å². The van der Waals surface area contributed by atoms with Crippen molar-refractivity contribution in [3.63, 3.8) is 0 Å². The van der Waals surface area contributed by atoms with Gasteiger partial charge in [0.2, 0.25) is 0 Å². The van der Waals surface area contributed by atoms with Crippen molar-refractivity contribution in [3.8, 4) is 0 Å². The monoisotopic (exact) mass is 344 g/mol. The number of likely N-dealkylation sites (N-methyl/N-ethyl adjacent to an activating group) is 1. The summed E-state index contributed by atoms with van der Waals surface area (Å²) >= 11 is 0. The molecule has 2 saturated heterocycles. The number of nitrogens with zero attached hydrogens (tertiary/aromatic N) is 3. The Morgan fingerprint density at radius 2 is 1.88 bits per heavy atom. The Hall–Kier alpha value is -1.59. The lowest BCUT2D eigenvalue weighted by Crippen LogP contribution is -2.50. The number of piperazine rings is 1. The highest BCUT2D eigenvalue weighted by atomic mass is 16.2. The van der Waals surface area contributed by atoms with Gasteiger partial charge in [0.1, 0.15) is 0 Å². The Bertz CT molecular complexity index is 528. The zero-order valence-electron chi connectivity index (χ0n) is 15.5. The van der Waals surface area contributed by atoms with Crippen molar-refractivity contribution >= 4 is 6.03 Å². The number of amides is 2. The van der Waals surface area contributed by atoms with E-state index >= 15 is 0 Å². The molecule has 2 fully saturated rings. The lowest BCUT2D eigenvalue weighted by Gasteiger charge is -2.38. The van der Waals surface area contributed by atoms with Gasteiger partial charge in [0.25, 0.3) is 0 Å². The van der Waals surface area contributed by atoms with Gasteiger partial charge in [-0.1, -0.05) is 30.3 Å². The second-order valence-corrected chi connectivity index (χ2v) is 7.53. The van der Waals surface area contributed by atoms with Crippen molar-refractivity contribution in [2.75, 3.05) is 59.4 Å². The highest BCUT2D eigenvalue weighted by Gasteiger charge is 2.26. The van der Waals surface area contributed by atoms with Crippen molar-refractivity contribution in [1.82, 2.24) is 20.0 Å². The van der Waals surface area contributed by atoms with Crippen molar-refractivity contribution in [1.29, 1.82) is 0 Å². The molecule has 2 heterocycles. The van der Waals surface area contributed by atoms with Gasteiger partial charge in [-0.05, 0) is 37.8 Å². The molecular formula is C20H32N4O. The molecule has 1 aromatic rings. The number of benzene rings is 1. The molecule has 5 heteroatoms. The van der Waals surface area contributed by atoms with Crippen LogP contribution < -0.4 is 5.32 Å². The van der Waals surface area contributed by atoms with Crippen LogP contribution in [0.2, 0.25) is 0 Å². The molecule has 0 radical (unpaired) electrons. The van der Waals surface area contributed by atoms with Crippen LogP contribution in [0.1, 0.15) is 18.4 Å². The second-order valence-electron chi connectivity index (χ2n) is 7.53. The smallest absolute Gasteiger partial charge is 0.317 e. The lowest BCUT2D eigenvalue weighted by atomic mass is 9.97. The zero-order valence-corrected chi connectivity index (χ0v) is 15.5. The van der Waals surface area contributed by atoms with E-state index in [2.05, 4.69) is 34.3 Å². The van der Waals surface area contributed by atoms with Gasteiger partial charge in [-0.3, -0.25) is 0 Å². The van der Waals surface area contributed by atoms with Crippen LogP contribution in [0.3, 0.4) is 0 Å². The Morgan fingerprint density at radius 3 is 2.64 bits per heavy atom. The molecular weight excluding hydrogens is 312 g/mol. The minimum atomic E-state index is 0.110. The minimum absolute atomic E-state index is 0.110. The van der Waals surface area contributed by atoms with E-state index < -0.39 is 0 Å². The molecule has 2 aliphatic heterocycles. The number of likely N-dealkylation sites (tertiary alicyclic amines) is 1. The summed E-state index contributed by atoms with van der Waals surface area (Å²) in [5, 5.41) is 3.10. The summed E-state index contributed by atoms with van der Waals surface area (Å²) in [6, 6.07) is 10.4. The third kappa shape index (κ3) is 5.72. The van der Waals surface area contributed by atoms with Crippen molar-refractivity contribution in [3.05, 3.63) is 35.9 Å². The number of rotatable bonds is 5. The number of hydrogen-bond acceptors (Lipinski definition) is 3. The van der Waals surface area contributed by atoms with Gasteiger partial charge in [-0.2, -0.15) is 0 Å². The Labute approximate surface area is 152 Å². The van der Waals surface area contributed by atoms with Crippen LogP contribution in [0.5, 0.6) is 0 Å². The van der Waals surface area contributed by atoms with Gasteiger partial charge in [-0.15, -0.1) is 0 Å². The fourth-order valence-electron chi connectivity index (χ4n) is 3.86. The van der Waals surface area contributed by atoms with Gasteiger partial charge < -0.3 is 20.0 Å². The van der Waals surface area contributed by atoms with E-state index in [9.17, 15) is 4.79 Å². The highest BCUT2D eigenvalue weighted by molar-refractivity contribution is 5.74. The number of hydrogen-bond donors (Lipinski definition) is 1. The highest BCUT2D eigenvalue weighted by Crippen LogP contribution is 2.18. The molecule has 0 aromatic heterocycles. The predicted molar refractivity (Wildman–Crippen MR) is 102 cm³/mol. The Morgan fingerprint density at radius 1 is 1.12 bits per heavy atom. The van der Waals surface area contributed by atoms with Crippen LogP contribution >= 0.6 is 0 Å². The molecule has 1 aromatic carbocycles. The van der Waals surface area contributed by atoms with Crippen LogP contribution in [-0.2, 0) is 6.42 Å². The largest absolute Gasteiger partial charge is 0.338 e. The van der Waals surface area contributed by atoms with Crippen LogP contribution in [0.4, 0.5) is 4.79 Å². The number of carbonyl (C=O) groups excluding carboxylic acids is 1. The molecule has 0 spiro atoms. The van der Waals surface area contributed by atoms with Crippen LogP contribution in [0, 0.1) is 5.92 Å². The molecule has 2 aliphatic rings. The first-order valence-electron chi connectivity index (χ1n) is 9.68. The van der Waals surface area contributed by atoms with Crippen LogP contribution in [0.15, 0.2) is 30.3 Å². The summed E-state index contributed by atoms with van der Waals surface area (Å²) in [7, 11) is 2.19. The normalized spacial score (nSPS) is 22.8. The molecule has 0 saturated carbocycles. The van der Waals surface area contributed by atoms with E-state index in [4.69, 9.17) is 0 Å². The maximum atomic E-state index is 12.5. The minimum Gasteiger partial charge on any atom is -0.338 e. The van der Waals surface area contributed by atoms with E-state index in [-0.39, 0.29) is 6.03 Å². The Balaban J connectivity index is 1.39. The molecule has 1 N–H and O–H groups in total. The van der Waals surface area contributed by atoms with Gasteiger partial charge in [0, 0.05) is 52.4 Å². The molecule has 5 nitrogen and oxygen atoms in total. The summed E-state index contributed by atoms with van der Waals surface area (Å²) in [6.45, 7) is 8.31. The van der Waals surface area contributed by atoms with E-state index in [0.29, 0.717) is 12.5 Å². The fourth-order valence-corrected chi connectivity index (χ4v) is 3.86. The Kier molecular flexibility index (Phi) is 6.70. The molecule has 3 rings (SSSR count). The molecule has 138 valence electrons. The molecule has 2 amide bonds. The summed E-state index contributed by atoms with van der Waals surface area (Å²) in [6.07, 6.45) is 3.27. The summed E-state index contributed by atoms with van der Waals surface area (Å²) in [5.74, 6) is 0.622. The third-order valence-electron chi connectivity index (χ3n) is 5.45. The van der Waals surface area contributed by atoms with Crippen molar-refractivity contribution in [2.24, 2.45) is 5.92 Å². The first-order chi connectivity index (χ1) is 12.2. The van der Waals surface area contributed by atoms with Gasteiger partial charge in [-0.25, -0.2) is 4.79 Å². The molecule has 0 aliphatic carbocycles. The van der Waals surface area contributed by atoms with Gasteiger partial charge in [0.15, 0.2) is 0 Å². The average Bonchev–Trinajstić information content (AvgIpc) is 2.65. The lowest BCUT2D eigenvalue weighted by molar-refractivity contribution is 0.106. The zero-order chi connectivity index (χ0) is 17.5. The van der Waals surface area contributed by atoms with Gasteiger partial charge in [0.05, 0.1) is 0 Å². The first-order valence-corrected chi connectivity index (χ1v) is 9.68. The summed E-state index contributed by atoms with van der Waals surface area (Å²) < 4.78 is 0. The maximum absolute atomic E-state index is 12.5. The van der Waals surface area contributed by atoms with Crippen LogP contribution in [-0.4, -0.2) is 80.1 Å². The standard InChI is InChI=1S/C20H32N4O/c1-22-12-14-23(15-13-22)16-19-8-5-11-24(17-19)20(25)21-10-9-18-6-3-2-4-7-18/h2-4,6-7,19H,5,8-17H2,1H3,(H,21,25)/t19-/m1/s1. The predicted octanol–water partition coefficient (Wildman–Crippen LogP) is 1.90. The second kappa shape index (κ2) is 9.20. The van der Waals surface area contributed by atoms with E-state index in [1.165, 1.54) is 12.0 Å². The third-order valence-corrected chi connectivity index (χ3v) is 5.45. The average molecular weight is 345 g/mol.